The Labute approximate surface area is 243 Å². The maximum atomic E-state index is 14.3. The van der Waals surface area contributed by atoms with Crippen molar-refractivity contribution in [3.8, 4) is 0 Å². The predicted molar refractivity (Wildman–Crippen MR) is 155 cm³/mol. The maximum absolute atomic E-state index is 14.3. The van der Waals surface area contributed by atoms with E-state index in [1.54, 1.807) is 16.7 Å². The number of nitrogens with zero attached hydrogens (tertiary/aromatic N) is 5. The van der Waals surface area contributed by atoms with Crippen molar-refractivity contribution in [2.45, 2.75) is 57.7 Å². The summed E-state index contributed by atoms with van der Waals surface area (Å²) in [5.41, 5.74) is 13.1. The van der Waals surface area contributed by atoms with Gasteiger partial charge in [-0.2, -0.15) is 0 Å². The molecule has 5 N–H and O–H groups in total. The Morgan fingerprint density at radius 1 is 1.29 bits per heavy atom. The van der Waals surface area contributed by atoms with Crippen LogP contribution in [0.4, 0.5) is 14.5 Å². The summed E-state index contributed by atoms with van der Waals surface area (Å²) in [5, 5.41) is 3.29. The highest BCUT2D eigenvalue weighted by atomic mass is 35.5. The third-order valence-corrected chi connectivity index (χ3v) is 7.79. The van der Waals surface area contributed by atoms with Crippen LogP contribution in [0.5, 0.6) is 0 Å². The van der Waals surface area contributed by atoms with E-state index in [1.165, 1.54) is 11.0 Å². The van der Waals surface area contributed by atoms with Crippen LogP contribution in [0, 0.1) is 0 Å². The maximum Gasteiger partial charge on any atom is 0.282 e. The van der Waals surface area contributed by atoms with E-state index < -0.39 is 18.0 Å². The van der Waals surface area contributed by atoms with Gasteiger partial charge in [-0.15, -0.1) is 0 Å². The van der Waals surface area contributed by atoms with Crippen LogP contribution in [-0.4, -0.2) is 76.3 Å². The van der Waals surface area contributed by atoms with Crippen LogP contribution in [0.2, 0.25) is 5.02 Å². The number of likely N-dealkylation sites (tertiary alicyclic amines) is 2. The van der Waals surface area contributed by atoms with Gasteiger partial charge in [-0.1, -0.05) is 39.0 Å². The Morgan fingerprint density at radius 3 is 2.54 bits per heavy atom. The number of nitrogens with two attached hydrogens (primary N) is 2. The Hall–Kier alpha value is -3.51. The summed E-state index contributed by atoms with van der Waals surface area (Å²) in [6.07, 6.45) is -1.15. The molecule has 3 heterocycles. The molecule has 0 spiro atoms. The third kappa shape index (κ3) is 6.38. The van der Waals surface area contributed by atoms with Gasteiger partial charge in [-0.3, -0.25) is 14.6 Å². The highest BCUT2D eigenvalue weighted by molar-refractivity contribution is 6.32. The quantitative estimate of drug-likeness (QED) is 0.187. The lowest BCUT2D eigenvalue weighted by Gasteiger charge is -2.39. The van der Waals surface area contributed by atoms with Crippen LogP contribution in [0.3, 0.4) is 0 Å². The molecule has 0 bridgehead atoms. The van der Waals surface area contributed by atoms with Crippen LogP contribution >= 0.6 is 11.6 Å². The summed E-state index contributed by atoms with van der Waals surface area (Å²) in [7, 11) is 1.93. The fourth-order valence-electron chi connectivity index (χ4n) is 5.26. The fraction of sp³-hybridized carbons (Fsp3) is 0.500. The molecule has 2 aliphatic heterocycles. The number of aromatic nitrogens is 2. The minimum absolute atomic E-state index is 0.105. The molecule has 1 unspecified atom stereocenters. The Morgan fingerprint density at radius 2 is 1.98 bits per heavy atom. The molecule has 13 heteroatoms. The second-order valence-corrected chi connectivity index (χ2v) is 12.0. The number of rotatable bonds is 8. The molecule has 2 aliphatic rings. The topological polar surface area (TPSA) is 135 Å². The normalized spacial score (nSPS) is 18.6. The number of nitrogen functional groups attached to an aromatic ring is 1. The van der Waals surface area contributed by atoms with Gasteiger partial charge >= 0.3 is 0 Å². The molecule has 0 saturated carbocycles. The zero-order valence-electron chi connectivity index (χ0n) is 23.8. The standard InChI is InChI=1S/C28H37ClF2N8O2/c1-6-22(40)38-12-15(13-38)35-27(41)24-23(25(30)31)36-21(39(24)16-7-8-37(5)14-16)11-34-26(33)17-9-18(28(2,3)4)19(29)10-20(17)32/h6,9-10,15-16,25H,1,7-8,11-14,32H2,2-5H3,(H2,33,34)(H,35,41). The molecule has 1 aromatic heterocycles. The Bertz CT molecular complexity index is 1380. The zero-order chi connectivity index (χ0) is 30.2. The van der Waals surface area contributed by atoms with E-state index in [9.17, 15) is 18.4 Å². The van der Waals surface area contributed by atoms with Gasteiger partial charge in [0, 0.05) is 41.9 Å². The van der Waals surface area contributed by atoms with Crippen LogP contribution in [0.15, 0.2) is 29.8 Å². The molecular weight excluding hydrogens is 554 g/mol. The first-order chi connectivity index (χ1) is 19.2. The summed E-state index contributed by atoms with van der Waals surface area (Å²) >= 11 is 6.42. The molecule has 4 rings (SSSR count). The summed E-state index contributed by atoms with van der Waals surface area (Å²) in [4.78, 5) is 37.4. The Balaban J connectivity index is 1.69. The smallest absolute Gasteiger partial charge is 0.282 e. The molecule has 222 valence electrons. The lowest BCUT2D eigenvalue weighted by Crippen LogP contribution is -2.60. The highest BCUT2D eigenvalue weighted by Gasteiger charge is 2.37. The van der Waals surface area contributed by atoms with E-state index in [0.717, 1.165) is 12.1 Å². The van der Waals surface area contributed by atoms with Crippen molar-refractivity contribution in [3.63, 3.8) is 0 Å². The number of hydrogen-bond acceptors (Lipinski definition) is 6. The van der Waals surface area contributed by atoms with Gasteiger partial charge < -0.3 is 31.2 Å². The molecule has 2 aromatic rings. The molecule has 1 atom stereocenters. The third-order valence-electron chi connectivity index (χ3n) is 7.48. The zero-order valence-corrected chi connectivity index (χ0v) is 24.5. The lowest BCUT2D eigenvalue weighted by molar-refractivity contribution is -0.130. The molecule has 10 nitrogen and oxygen atoms in total. The number of amides is 2. The van der Waals surface area contributed by atoms with Gasteiger partial charge in [-0.05, 0) is 49.2 Å². The van der Waals surface area contributed by atoms with Crippen LogP contribution < -0.4 is 16.8 Å². The number of aliphatic imine (C=N–C) groups is 1. The average Bonchev–Trinajstić information content (AvgIpc) is 3.46. The molecule has 2 amide bonds. The number of benzene rings is 1. The number of imidazole rings is 1. The first kappa shape index (κ1) is 30.4. The highest BCUT2D eigenvalue weighted by Crippen LogP contribution is 2.34. The van der Waals surface area contributed by atoms with Crippen LogP contribution in [0.1, 0.15) is 72.8 Å². The molecule has 0 aliphatic carbocycles. The fourth-order valence-corrected chi connectivity index (χ4v) is 5.72. The van der Waals surface area contributed by atoms with Gasteiger partial charge in [0.25, 0.3) is 12.3 Å². The number of halogens is 3. The second-order valence-electron chi connectivity index (χ2n) is 11.6. The summed E-state index contributed by atoms with van der Waals surface area (Å²) in [5.74, 6) is -0.613. The van der Waals surface area contributed by atoms with Gasteiger partial charge in [0.05, 0.1) is 12.6 Å². The van der Waals surface area contributed by atoms with Crippen molar-refractivity contribution in [2.24, 2.45) is 10.7 Å². The number of hydrogen-bond donors (Lipinski definition) is 3. The first-order valence-electron chi connectivity index (χ1n) is 13.4. The molecule has 2 fully saturated rings. The average molecular weight is 591 g/mol. The van der Waals surface area contributed by atoms with Gasteiger partial charge in [0.15, 0.2) is 0 Å². The molecule has 1 aromatic carbocycles. The SMILES string of the molecule is C=CC(=O)N1CC(NC(=O)c2c(C(F)F)nc(CN=C(N)c3cc(C(C)(C)C)c(Cl)cc3N)n2C2CCN(C)C2)C1. The summed E-state index contributed by atoms with van der Waals surface area (Å²) < 4.78 is 30.1. The van der Waals surface area contributed by atoms with Crippen LogP contribution in [0.25, 0.3) is 0 Å². The molecule has 2 saturated heterocycles. The van der Waals surface area contributed by atoms with E-state index >= 15 is 0 Å². The lowest BCUT2D eigenvalue weighted by atomic mass is 9.85. The van der Waals surface area contributed by atoms with Crippen molar-refractivity contribution in [1.29, 1.82) is 0 Å². The van der Waals surface area contributed by atoms with E-state index in [2.05, 4.69) is 26.8 Å². The largest absolute Gasteiger partial charge is 0.398 e. The van der Waals surface area contributed by atoms with Crippen molar-refractivity contribution < 1.29 is 18.4 Å². The monoisotopic (exact) mass is 590 g/mol. The summed E-state index contributed by atoms with van der Waals surface area (Å²) in [6, 6.07) is 2.78. The Kier molecular flexibility index (Phi) is 8.74. The van der Waals surface area contributed by atoms with E-state index in [1.807, 2.05) is 27.8 Å². The van der Waals surface area contributed by atoms with Crippen LogP contribution in [-0.2, 0) is 16.8 Å². The van der Waals surface area contributed by atoms with Crippen molar-refractivity contribution in [1.82, 2.24) is 24.7 Å². The number of nitrogens with one attached hydrogen (secondary N) is 1. The van der Waals surface area contributed by atoms with Crippen molar-refractivity contribution in [2.75, 3.05) is 39.0 Å². The number of anilines is 1. The van der Waals surface area contributed by atoms with Gasteiger partial charge in [-0.25, -0.2) is 13.8 Å². The van der Waals surface area contributed by atoms with Crippen molar-refractivity contribution >= 4 is 34.9 Å². The number of amidine groups is 1. The van der Waals surface area contributed by atoms with E-state index in [-0.39, 0.29) is 60.4 Å². The number of carbonyl (C=O) groups is 2. The van der Waals surface area contributed by atoms with Gasteiger partial charge in [0.1, 0.15) is 23.0 Å². The van der Waals surface area contributed by atoms with Crippen molar-refractivity contribution in [3.05, 3.63) is 58.1 Å². The number of carbonyl (C=O) groups excluding carboxylic acids is 2. The summed E-state index contributed by atoms with van der Waals surface area (Å²) in [6.45, 7) is 11.2. The molecule has 41 heavy (non-hydrogen) atoms. The van der Waals surface area contributed by atoms with Gasteiger partial charge in [0.2, 0.25) is 5.91 Å². The number of likely N-dealkylation sites (N-methyl/N-ethyl adjacent to an activating group) is 1. The van der Waals surface area contributed by atoms with E-state index in [4.69, 9.17) is 23.1 Å². The molecular formula is C28H37ClF2N8O2. The first-order valence-corrected chi connectivity index (χ1v) is 13.8. The second kappa shape index (κ2) is 11.8. The van der Waals surface area contributed by atoms with E-state index in [0.29, 0.717) is 29.2 Å². The minimum atomic E-state index is -2.99. The minimum Gasteiger partial charge on any atom is -0.398 e. The predicted octanol–water partition coefficient (Wildman–Crippen LogP) is 3.26. The number of alkyl halides is 2. The molecule has 0 radical (unpaired) electrons.